The van der Waals surface area contributed by atoms with Crippen LogP contribution in [0.3, 0.4) is 0 Å². The third kappa shape index (κ3) is 7.00. The van der Waals surface area contributed by atoms with Gasteiger partial charge in [0.25, 0.3) is 0 Å². The first kappa shape index (κ1) is 17.1. The van der Waals surface area contributed by atoms with Crippen LogP contribution in [0.25, 0.3) is 0 Å². The van der Waals surface area contributed by atoms with E-state index in [1.165, 1.54) is 19.3 Å². The second-order valence-electron chi connectivity index (χ2n) is 4.97. The van der Waals surface area contributed by atoms with Gasteiger partial charge < -0.3 is 20.6 Å². The van der Waals surface area contributed by atoms with Crippen molar-refractivity contribution in [3.63, 3.8) is 0 Å². The number of aliphatic carboxylic acids is 1. The lowest BCUT2D eigenvalue weighted by Crippen LogP contribution is -2.48. The summed E-state index contributed by atoms with van der Waals surface area (Å²) in [4.78, 5) is 25.0. The van der Waals surface area contributed by atoms with E-state index in [1.807, 2.05) is 6.26 Å². The predicted molar refractivity (Wildman–Crippen MR) is 81.2 cm³/mol. The van der Waals surface area contributed by atoms with Gasteiger partial charge >= 0.3 is 12.0 Å². The van der Waals surface area contributed by atoms with Gasteiger partial charge in [-0.3, -0.25) is 0 Å². The molecule has 1 heterocycles. The fourth-order valence-corrected chi connectivity index (χ4v) is 2.68. The second-order valence-corrected chi connectivity index (χ2v) is 5.96. The number of rotatable bonds is 8. The van der Waals surface area contributed by atoms with Crippen LogP contribution in [-0.2, 0) is 4.79 Å². The Hall–Kier alpha value is -0.950. The van der Waals surface area contributed by atoms with E-state index in [2.05, 4.69) is 15.5 Å². The number of hydrogen-bond donors (Lipinski definition) is 3. The number of carboxylic acid groups (broad SMARTS) is 1. The standard InChI is InChI=1S/C13H25N3O3S/c1-20-10-5-11(12(17)18)15-13(19)14-6-9-16-7-3-2-4-8-16/h11H,2-10H2,1H3,(H,17,18)(H2,14,15,19)/t11-/m0/s1. The summed E-state index contributed by atoms with van der Waals surface area (Å²) in [6.07, 6.45) is 6.09. The van der Waals surface area contributed by atoms with Gasteiger partial charge in [-0.2, -0.15) is 11.8 Å². The third-order valence-electron chi connectivity index (χ3n) is 3.38. The molecule has 20 heavy (non-hydrogen) atoms. The number of nitrogens with zero attached hydrogens (tertiary/aromatic N) is 1. The number of likely N-dealkylation sites (tertiary alicyclic amines) is 1. The summed E-state index contributed by atoms with van der Waals surface area (Å²) in [5, 5.41) is 14.3. The molecule has 0 bridgehead atoms. The van der Waals surface area contributed by atoms with Gasteiger partial charge in [0.2, 0.25) is 0 Å². The molecule has 1 aliphatic heterocycles. The zero-order valence-electron chi connectivity index (χ0n) is 12.1. The smallest absolute Gasteiger partial charge is 0.326 e. The molecule has 0 unspecified atom stereocenters. The van der Waals surface area contributed by atoms with Crippen LogP contribution in [-0.4, -0.2) is 66.2 Å². The third-order valence-corrected chi connectivity index (χ3v) is 4.02. The summed E-state index contributed by atoms with van der Waals surface area (Å²) >= 11 is 1.57. The Morgan fingerprint density at radius 3 is 2.60 bits per heavy atom. The number of thioether (sulfide) groups is 1. The van der Waals surface area contributed by atoms with Crippen molar-refractivity contribution in [1.82, 2.24) is 15.5 Å². The van der Waals surface area contributed by atoms with Crippen molar-refractivity contribution >= 4 is 23.8 Å². The Labute approximate surface area is 124 Å². The summed E-state index contributed by atoms with van der Waals surface area (Å²) < 4.78 is 0. The molecule has 1 atom stereocenters. The number of carbonyl (C=O) groups is 2. The van der Waals surface area contributed by atoms with Crippen LogP contribution in [0.2, 0.25) is 0 Å². The quantitative estimate of drug-likeness (QED) is 0.623. The van der Waals surface area contributed by atoms with Crippen LogP contribution in [0, 0.1) is 0 Å². The van der Waals surface area contributed by atoms with Crippen LogP contribution in [0.15, 0.2) is 0 Å². The SMILES string of the molecule is CSCC[C@H](NC(=O)NCCN1CCCCC1)C(=O)O. The highest BCUT2D eigenvalue weighted by atomic mass is 32.2. The number of amides is 2. The van der Waals surface area contributed by atoms with E-state index in [0.717, 1.165) is 19.6 Å². The molecule has 6 nitrogen and oxygen atoms in total. The van der Waals surface area contributed by atoms with Gasteiger partial charge in [-0.1, -0.05) is 6.42 Å². The summed E-state index contributed by atoms with van der Waals surface area (Å²) in [6, 6.07) is -1.20. The molecule has 0 radical (unpaired) electrons. The van der Waals surface area contributed by atoms with E-state index in [-0.39, 0.29) is 0 Å². The number of carbonyl (C=O) groups excluding carboxylic acids is 1. The minimum absolute atomic E-state index is 0.393. The first-order valence-electron chi connectivity index (χ1n) is 7.12. The predicted octanol–water partition coefficient (Wildman–Crippen LogP) is 0.978. The Balaban J connectivity index is 2.18. The zero-order valence-corrected chi connectivity index (χ0v) is 12.9. The molecule has 1 aliphatic rings. The maximum absolute atomic E-state index is 11.7. The maximum Gasteiger partial charge on any atom is 0.326 e. The highest BCUT2D eigenvalue weighted by Gasteiger charge is 2.19. The van der Waals surface area contributed by atoms with Crippen molar-refractivity contribution in [2.24, 2.45) is 0 Å². The summed E-state index contributed by atoms with van der Waals surface area (Å²) in [5.74, 6) is -0.268. The van der Waals surface area contributed by atoms with Crippen LogP contribution in [0.1, 0.15) is 25.7 Å². The van der Waals surface area contributed by atoms with Crippen LogP contribution in [0.4, 0.5) is 4.79 Å². The molecule has 1 fully saturated rings. The van der Waals surface area contributed by atoms with E-state index in [4.69, 9.17) is 5.11 Å². The Morgan fingerprint density at radius 1 is 1.30 bits per heavy atom. The molecule has 0 aliphatic carbocycles. The second kappa shape index (κ2) is 9.88. The minimum atomic E-state index is -0.981. The maximum atomic E-state index is 11.7. The van der Waals surface area contributed by atoms with E-state index >= 15 is 0 Å². The van der Waals surface area contributed by atoms with E-state index in [0.29, 0.717) is 18.7 Å². The highest BCUT2D eigenvalue weighted by molar-refractivity contribution is 7.98. The largest absolute Gasteiger partial charge is 0.480 e. The molecule has 2 amide bonds. The molecule has 116 valence electrons. The molecular formula is C13H25N3O3S. The molecule has 7 heteroatoms. The molecule has 1 saturated heterocycles. The summed E-state index contributed by atoms with van der Waals surface area (Å²) in [5.41, 5.74) is 0. The van der Waals surface area contributed by atoms with Crippen molar-refractivity contribution < 1.29 is 14.7 Å². The average Bonchev–Trinajstić information content (AvgIpc) is 2.44. The molecule has 3 N–H and O–H groups in total. The minimum Gasteiger partial charge on any atom is -0.480 e. The van der Waals surface area contributed by atoms with Crippen LogP contribution in [0.5, 0.6) is 0 Å². The normalized spacial score (nSPS) is 17.4. The van der Waals surface area contributed by atoms with Crippen molar-refractivity contribution in [2.75, 3.05) is 38.2 Å². The lowest BCUT2D eigenvalue weighted by atomic mass is 10.1. The molecule has 0 aromatic rings. The number of piperidine rings is 1. The van der Waals surface area contributed by atoms with Gasteiger partial charge in [-0.15, -0.1) is 0 Å². The fourth-order valence-electron chi connectivity index (χ4n) is 2.21. The van der Waals surface area contributed by atoms with Crippen molar-refractivity contribution in [3.8, 4) is 0 Å². The molecule has 0 saturated carbocycles. The number of hydrogen-bond acceptors (Lipinski definition) is 4. The van der Waals surface area contributed by atoms with E-state index in [9.17, 15) is 9.59 Å². The zero-order chi connectivity index (χ0) is 14.8. The van der Waals surface area contributed by atoms with Gasteiger partial charge in [0.05, 0.1) is 0 Å². The fraction of sp³-hybridized carbons (Fsp3) is 0.846. The van der Waals surface area contributed by atoms with Gasteiger partial charge in [0.15, 0.2) is 0 Å². The first-order valence-corrected chi connectivity index (χ1v) is 8.51. The van der Waals surface area contributed by atoms with Gasteiger partial charge in [0, 0.05) is 13.1 Å². The van der Waals surface area contributed by atoms with Gasteiger partial charge in [-0.25, -0.2) is 9.59 Å². The Morgan fingerprint density at radius 2 is 2.00 bits per heavy atom. The van der Waals surface area contributed by atoms with Gasteiger partial charge in [-0.05, 0) is 44.4 Å². The molecule has 1 rings (SSSR count). The Bertz CT molecular complexity index is 309. The topological polar surface area (TPSA) is 81.7 Å². The van der Waals surface area contributed by atoms with Crippen molar-refractivity contribution in [3.05, 3.63) is 0 Å². The van der Waals surface area contributed by atoms with Crippen LogP contribution < -0.4 is 10.6 Å². The van der Waals surface area contributed by atoms with Crippen molar-refractivity contribution in [2.45, 2.75) is 31.7 Å². The number of urea groups is 1. The van der Waals surface area contributed by atoms with Crippen molar-refractivity contribution in [1.29, 1.82) is 0 Å². The average molecular weight is 303 g/mol. The van der Waals surface area contributed by atoms with Gasteiger partial charge in [0.1, 0.15) is 6.04 Å². The molecule has 0 spiro atoms. The highest BCUT2D eigenvalue weighted by Crippen LogP contribution is 2.07. The van der Waals surface area contributed by atoms with E-state index < -0.39 is 18.0 Å². The molecular weight excluding hydrogens is 278 g/mol. The Kier molecular flexibility index (Phi) is 8.45. The summed E-state index contributed by atoms with van der Waals surface area (Å²) in [6.45, 7) is 3.57. The lowest BCUT2D eigenvalue weighted by molar-refractivity contribution is -0.139. The monoisotopic (exact) mass is 303 g/mol. The molecule has 0 aromatic heterocycles. The molecule has 0 aromatic carbocycles. The number of nitrogens with one attached hydrogen (secondary N) is 2. The summed E-state index contributed by atoms with van der Waals surface area (Å²) in [7, 11) is 0. The van der Waals surface area contributed by atoms with E-state index in [1.54, 1.807) is 11.8 Å². The van der Waals surface area contributed by atoms with Crippen LogP contribution >= 0.6 is 11.8 Å². The number of carboxylic acids is 1. The first-order chi connectivity index (χ1) is 9.63. The lowest BCUT2D eigenvalue weighted by Gasteiger charge is -2.26.